The van der Waals surface area contributed by atoms with E-state index in [4.69, 9.17) is 15.0 Å². The van der Waals surface area contributed by atoms with Gasteiger partial charge in [0, 0.05) is 39.0 Å². The normalized spacial score (nSPS) is 11.8. The predicted octanol–water partition coefficient (Wildman–Crippen LogP) is 10.6. The van der Waals surface area contributed by atoms with Crippen molar-refractivity contribution in [2.24, 2.45) is 0 Å². The molecule has 10 aromatic rings. The minimum Gasteiger partial charge on any atom is -0.309 e. The summed E-state index contributed by atoms with van der Waals surface area (Å²) in [5.41, 5.74) is 11.6. The summed E-state index contributed by atoms with van der Waals surface area (Å²) in [6.45, 7) is 0. The van der Waals surface area contributed by atoms with E-state index in [1.807, 2.05) is 30.5 Å². The Morgan fingerprint density at radius 3 is 1.83 bits per heavy atom. The zero-order valence-corrected chi connectivity index (χ0v) is 25.8. The second kappa shape index (κ2) is 10.5. The van der Waals surface area contributed by atoms with Gasteiger partial charge in [0.1, 0.15) is 0 Å². The van der Waals surface area contributed by atoms with Gasteiger partial charge in [0.2, 0.25) is 5.95 Å². The van der Waals surface area contributed by atoms with Crippen molar-refractivity contribution in [3.63, 3.8) is 0 Å². The Morgan fingerprint density at radius 1 is 0.396 bits per heavy atom. The van der Waals surface area contributed by atoms with E-state index in [-0.39, 0.29) is 0 Å². The minimum absolute atomic E-state index is 0.628. The summed E-state index contributed by atoms with van der Waals surface area (Å²) in [7, 11) is 0. The monoisotopic (exact) mass is 613 g/mol. The van der Waals surface area contributed by atoms with E-state index in [0.717, 1.165) is 60.9 Å². The Bertz CT molecular complexity index is 2830. The Morgan fingerprint density at radius 2 is 1.02 bits per heavy atom. The summed E-state index contributed by atoms with van der Waals surface area (Å²) in [4.78, 5) is 15.2. The third kappa shape index (κ3) is 4.01. The predicted molar refractivity (Wildman–Crippen MR) is 197 cm³/mol. The van der Waals surface area contributed by atoms with Gasteiger partial charge in [0.15, 0.2) is 0 Å². The SMILES string of the molecule is c1ccc(-c2nc(-n3c4ccc(-c5ccc6c(c5)c5ccccc5n6-c5ccccc5)cc4c4ncccc43)nc3ccccc23)cc1. The zero-order chi connectivity index (χ0) is 31.6. The molecule has 224 valence electrons. The van der Waals surface area contributed by atoms with Gasteiger partial charge in [-0.2, -0.15) is 0 Å². The lowest BCUT2D eigenvalue weighted by Crippen LogP contribution is -2.03. The molecule has 5 nitrogen and oxygen atoms in total. The molecule has 6 aromatic carbocycles. The quantitative estimate of drug-likeness (QED) is 0.198. The summed E-state index contributed by atoms with van der Waals surface area (Å²) in [5.74, 6) is 0.628. The van der Waals surface area contributed by atoms with Crippen molar-refractivity contribution >= 4 is 54.6 Å². The van der Waals surface area contributed by atoms with Gasteiger partial charge in [-0.15, -0.1) is 0 Å². The number of para-hydroxylation sites is 3. The first-order valence-corrected chi connectivity index (χ1v) is 16.1. The standard InChI is InChI=1S/C43H27N5/c1-3-12-28(13-4-1)41-33-17-7-9-18-36(33)45-43(46-41)48-39-24-22-30(27-35(39)42-40(48)20-11-25-44-42)29-21-23-38-34(26-29)32-16-8-10-19-37(32)47(38)31-14-5-2-6-15-31/h1-27H. The second-order valence-electron chi connectivity index (χ2n) is 12.1. The number of benzene rings is 6. The molecular weight excluding hydrogens is 587 g/mol. The number of nitrogens with zero attached hydrogens (tertiary/aromatic N) is 5. The fourth-order valence-electron chi connectivity index (χ4n) is 7.22. The van der Waals surface area contributed by atoms with Crippen molar-refractivity contribution in [3.05, 3.63) is 164 Å². The number of hydrogen-bond acceptors (Lipinski definition) is 3. The zero-order valence-electron chi connectivity index (χ0n) is 25.8. The molecular formula is C43H27N5. The van der Waals surface area contributed by atoms with Crippen LogP contribution in [0.5, 0.6) is 0 Å². The van der Waals surface area contributed by atoms with Gasteiger partial charge in [-0.05, 0) is 71.8 Å². The van der Waals surface area contributed by atoms with Gasteiger partial charge in [-0.25, -0.2) is 9.97 Å². The second-order valence-corrected chi connectivity index (χ2v) is 12.1. The smallest absolute Gasteiger partial charge is 0.235 e. The van der Waals surface area contributed by atoms with E-state index in [0.29, 0.717) is 5.95 Å². The summed E-state index contributed by atoms with van der Waals surface area (Å²) < 4.78 is 4.50. The maximum absolute atomic E-state index is 5.21. The number of aromatic nitrogens is 5. The highest BCUT2D eigenvalue weighted by Gasteiger charge is 2.19. The molecule has 0 aliphatic heterocycles. The van der Waals surface area contributed by atoms with Gasteiger partial charge < -0.3 is 4.57 Å². The average Bonchev–Trinajstić information content (AvgIpc) is 3.67. The fraction of sp³-hybridized carbons (Fsp3) is 0. The van der Waals surface area contributed by atoms with Crippen molar-refractivity contribution in [1.29, 1.82) is 0 Å². The van der Waals surface area contributed by atoms with E-state index in [1.54, 1.807) is 0 Å². The van der Waals surface area contributed by atoms with Crippen LogP contribution in [-0.4, -0.2) is 24.1 Å². The molecule has 5 heteroatoms. The van der Waals surface area contributed by atoms with Gasteiger partial charge in [-0.3, -0.25) is 9.55 Å². The van der Waals surface area contributed by atoms with Crippen molar-refractivity contribution < 1.29 is 0 Å². The fourth-order valence-corrected chi connectivity index (χ4v) is 7.22. The lowest BCUT2D eigenvalue weighted by Gasteiger charge is -2.11. The van der Waals surface area contributed by atoms with E-state index >= 15 is 0 Å². The largest absolute Gasteiger partial charge is 0.309 e. The van der Waals surface area contributed by atoms with Gasteiger partial charge in [0.05, 0.1) is 38.8 Å². The molecule has 0 N–H and O–H groups in total. The van der Waals surface area contributed by atoms with Gasteiger partial charge in [-0.1, -0.05) is 97.1 Å². The van der Waals surface area contributed by atoms with Crippen LogP contribution in [0.25, 0.3) is 88.7 Å². The van der Waals surface area contributed by atoms with Crippen molar-refractivity contribution in [2.45, 2.75) is 0 Å². The highest BCUT2D eigenvalue weighted by molar-refractivity contribution is 6.12. The van der Waals surface area contributed by atoms with Crippen LogP contribution in [0, 0.1) is 0 Å². The average molecular weight is 614 g/mol. The molecule has 10 rings (SSSR count). The first kappa shape index (κ1) is 26.6. The number of hydrogen-bond donors (Lipinski definition) is 0. The lowest BCUT2D eigenvalue weighted by atomic mass is 10.0. The van der Waals surface area contributed by atoms with Crippen LogP contribution in [0.3, 0.4) is 0 Å². The van der Waals surface area contributed by atoms with E-state index < -0.39 is 0 Å². The van der Waals surface area contributed by atoms with Crippen LogP contribution < -0.4 is 0 Å². The van der Waals surface area contributed by atoms with Crippen LogP contribution in [-0.2, 0) is 0 Å². The lowest BCUT2D eigenvalue weighted by molar-refractivity contribution is 1.01. The first-order valence-electron chi connectivity index (χ1n) is 16.1. The Labute approximate surface area is 276 Å². The highest BCUT2D eigenvalue weighted by Crippen LogP contribution is 2.38. The molecule has 0 saturated heterocycles. The van der Waals surface area contributed by atoms with Gasteiger partial charge >= 0.3 is 0 Å². The third-order valence-electron chi connectivity index (χ3n) is 9.38. The maximum Gasteiger partial charge on any atom is 0.235 e. The molecule has 0 atom stereocenters. The van der Waals surface area contributed by atoms with Crippen LogP contribution in [0.1, 0.15) is 0 Å². The van der Waals surface area contributed by atoms with Crippen molar-refractivity contribution in [1.82, 2.24) is 24.1 Å². The topological polar surface area (TPSA) is 48.5 Å². The Kier molecular flexibility index (Phi) is 5.81. The Hall–Kier alpha value is -6.59. The van der Waals surface area contributed by atoms with Crippen LogP contribution in [0.2, 0.25) is 0 Å². The third-order valence-corrected chi connectivity index (χ3v) is 9.38. The summed E-state index contributed by atoms with van der Waals surface area (Å²) in [6.07, 6.45) is 1.86. The van der Waals surface area contributed by atoms with Crippen molar-refractivity contribution in [2.75, 3.05) is 0 Å². The molecule has 48 heavy (non-hydrogen) atoms. The summed E-state index contributed by atoms with van der Waals surface area (Å²) in [6, 6.07) is 55.3. The molecule has 0 aliphatic carbocycles. The maximum atomic E-state index is 5.21. The summed E-state index contributed by atoms with van der Waals surface area (Å²) >= 11 is 0. The molecule has 0 saturated carbocycles. The molecule has 0 bridgehead atoms. The summed E-state index contributed by atoms with van der Waals surface area (Å²) in [5, 5.41) is 4.55. The molecule has 0 spiro atoms. The molecule has 0 radical (unpaired) electrons. The molecule has 0 fully saturated rings. The van der Waals surface area contributed by atoms with E-state index in [9.17, 15) is 0 Å². The molecule has 4 aromatic heterocycles. The van der Waals surface area contributed by atoms with Crippen LogP contribution in [0.4, 0.5) is 0 Å². The number of fused-ring (bicyclic) bond motifs is 7. The highest BCUT2D eigenvalue weighted by atomic mass is 15.2. The first-order chi connectivity index (χ1) is 23.8. The van der Waals surface area contributed by atoms with Crippen LogP contribution in [0.15, 0.2) is 164 Å². The molecule has 0 aliphatic rings. The minimum atomic E-state index is 0.628. The number of rotatable bonds is 4. The van der Waals surface area contributed by atoms with Crippen LogP contribution >= 0.6 is 0 Å². The van der Waals surface area contributed by atoms with E-state index in [1.165, 1.54) is 21.8 Å². The molecule has 4 heterocycles. The Balaban J connectivity index is 1.18. The van der Waals surface area contributed by atoms with Gasteiger partial charge in [0.25, 0.3) is 0 Å². The number of pyridine rings is 1. The molecule has 0 unspecified atom stereocenters. The molecule has 0 amide bonds. The van der Waals surface area contributed by atoms with Crippen molar-refractivity contribution in [3.8, 4) is 34.0 Å². The van der Waals surface area contributed by atoms with E-state index in [2.05, 4.69) is 143 Å².